The molecule has 0 aliphatic rings. The van der Waals surface area contributed by atoms with E-state index >= 15 is 0 Å². The first-order valence-electron chi connectivity index (χ1n) is 7.17. The number of aromatic nitrogens is 1. The molecule has 1 aromatic heterocycles. The van der Waals surface area contributed by atoms with Gasteiger partial charge in [-0.3, -0.25) is 24.3 Å². The van der Waals surface area contributed by atoms with Gasteiger partial charge in [-0.05, 0) is 32.0 Å². The lowest BCUT2D eigenvalue weighted by Crippen LogP contribution is -2.33. The van der Waals surface area contributed by atoms with Crippen LogP contribution in [0.15, 0.2) is 41.2 Å². The number of methoxy groups -OCH3 is 1. The predicted molar refractivity (Wildman–Crippen MR) is 88.4 cm³/mol. The van der Waals surface area contributed by atoms with Crippen LogP contribution in [0.3, 0.4) is 0 Å². The number of para-hydroxylation sites is 2. The largest absolute Gasteiger partial charge is 0.495 e. The normalized spacial score (nSPS) is 11.6. The molecule has 8 nitrogen and oxygen atoms in total. The van der Waals surface area contributed by atoms with Crippen molar-refractivity contribution >= 4 is 17.3 Å². The van der Waals surface area contributed by atoms with Crippen LogP contribution in [0.25, 0.3) is 0 Å². The van der Waals surface area contributed by atoms with Gasteiger partial charge in [0.2, 0.25) is 5.91 Å². The van der Waals surface area contributed by atoms with E-state index < -0.39 is 28.1 Å². The molecule has 24 heavy (non-hydrogen) atoms. The molecular formula is C16H17N3O5. The maximum atomic E-state index is 12.5. The summed E-state index contributed by atoms with van der Waals surface area (Å²) < 4.78 is 6.26. The Hall–Kier alpha value is -3.16. The van der Waals surface area contributed by atoms with Crippen molar-refractivity contribution in [2.75, 3.05) is 12.4 Å². The van der Waals surface area contributed by atoms with E-state index in [-0.39, 0.29) is 0 Å². The quantitative estimate of drug-likeness (QED) is 0.668. The molecule has 0 radical (unpaired) electrons. The lowest BCUT2D eigenvalue weighted by atomic mass is 10.2. The molecule has 1 aromatic carbocycles. The molecule has 0 aliphatic heterocycles. The molecular weight excluding hydrogens is 314 g/mol. The zero-order chi connectivity index (χ0) is 17.9. The van der Waals surface area contributed by atoms with Crippen LogP contribution < -0.4 is 15.6 Å². The van der Waals surface area contributed by atoms with Crippen molar-refractivity contribution in [1.82, 2.24) is 4.57 Å². The van der Waals surface area contributed by atoms with Crippen LogP contribution in [-0.4, -0.2) is 22.5 Å². The summed E-state index contributed by atoms with van der Waals surface area (Å²) >= 11 is 0. The van der Waals surface area contributed by atoms with Gasteiger partial charge in [-0.15, -0.1) is 0 Å². The van der Waals surface area contributed by atoms with Crippen molar-refractivity contribution < 1.29 is 14.5 Å². The highest BCUT2D eigenvalue weighted by atomic mass is 16.6. The van der Waals surface area contributed by atoms with Crippen LogP contribution in [0.4, 0.5) is 11.4 Å². The number of nitro groups is 1. The molecule has 0 saturated heterocycles. The Balaban J connectivity index is 2.37. The number of pyridine rings is 1. The molecule has 126 valence electrons. The van der Waals surface area contributed by atoms with Crippen molar-refractivity contribution in [2.24, 2.45) is 0 Å². The molecule has 2 rings (SSSR count). The average molecular weight is 331 g/mol. The van der Waals surface area contributed by atoms with Crippen molar-refractivity contribution in [3.63, 3.8) is 0 Å². The first-order valence-corrected chi connectivity index (χ1v) is 7.17. The molecule has 0 spiro atoms. The van der Waals surface area contributed by atoms with E-state index in [1.54, 1.807) is 31.2 Å². The maximum Gasteiger partial charge on any atom is 0.334 e. The second kappa shape index (κ2) is 6.95. The van der Waals surface area contributed by atoms with E-state index in [1.165, 1.54) is 20.1 Å². The third-order valence-electron chi connectivity index (χ3n) is 3.63. The first-order chi connectivity index (χ1) is 11.4. The second-order valence-electron chi connectivity index (χ2n) is 5.16. The monoisotopic (exact) mass is 331 g/mol. The van der Waals surface area contributed by atoms with Gasteiger partial charge in [-0.25, -0.2) is 0 Å². The summed E-state index contributed by atoms with van der Waals surface area (Å²) in [7, 11) is 1.48. The highest BCUT2D eigenvalue weighted by Gasteiger charge is 2.23. The number of hydrogen-bond acceptors (Lipinski definition) is 5. The van der Waals surface area contributed by atoms with Crippen molar-refractivity contribution in [2.45, 2.75) is 19.9 Å². The van der Waals surface area contributed by atoms with Gasteiger partial charge in [0.25, 0.3) is 0 Å². The van der Waals surface area contributed by atoms with E-state index in [1.807, 2.05) is 0 Å². The van der Waals surface area contributed by atoms with Crippen LogP contribution in [0.2, 0.25) is 0 Å². The van der Waals surface area contributed by atoms with Crippen molar-refractivity contribution in [3.05, 3.63) is 62.6 Å². The predicted octanol–water partition coefficient (Wildman–Crippen LogP) is 2.27. The van der Waals surface area contributed by atoms with Crippen LogP contribution in [0.1, 0.15) is 18.7 Å². The smallest absolute Gasteiger partial charge is 0.334 e. The molecule has 0 bridgehead atoms. The molecule has 0 aliphatic carbocycles. The van der Waals surface area contributed by atoms with Gasteiger partial charge in [-0.1, -0.05) is 12.1 Å². The van der Waals surface area contributed by atoms with E-state index in [9.17, 15) is 19.7 Å². The van der Waals surface area contributed by atoms with Crippen LogP contribution in [0.5, 0.6) is 5.75 Å². The number of aryl methyl sites for hydroxylation is 1. The summed E-state index contributed by atoms with van der Waals surface area (Å²) in [6, 6.07) is 8.48. The van der Waals surface area contributed by atoms with Gasteiger partial charge in [0, 0.05) is 11.8 Å². The maximum absolute atomic E-state index is 12.5. The number of carbonyl (C=O) groups excluding carboxylic acids is 1. The summed E-state index contributed by atoms with van der Waals surface area (Å²) in [5.74, 6) is -0.00800. The molecule has 1 heterocycles. The Kier molecular flexibility index (Phi) is 4.98. The van der Waals surface area contributed by atoms with Gasteiger partial charge in [-0.2, -0.15) is 0 Å². The topological polar surface area (TPSA) is 103 Å². The second-order valence-corrected chi connectivity index (χ2v) is 5.16. The Morgan fingerprint density at radius 3 is 2.58 bits per heavy atom. The summed E-state index contributed by atoms with van der Waals surface area (Å²) in [6.45, 7) is 3.11. The van der Waals surface area contributed by atoms with Gasteiger partial charge in [0.05, 0.1) is 17.7 Å². The molecule has 1 amide bonds. The highest BCUT2D eigenvalue weighted by Crippen LogP contribution is 2.24. The summed E-state index contributed by atoms with van der Waals surface area (Å²) in [5.41, 5.74) is -0.485. The Morgan fingerprint density at radius 2 is 1.96 bits per heavy atom. The highest BCUT2D eigenvalue weighted by molar-refractivity contribution is 5.94. The van der Waals surface area contributed by atoms with Crippen LogP contribution in [0, 0.1) is 17.0 Å². The minimum Gasteiger partial charge on any atom is -0.495 e. The summed E-state index contributed by atoms with van der Waals surface area (Å²) in [5, 5.41) is 13.6. The minimum atomic E-state index is -0.928. The standard InChI is InChI=1S/C16H17N3O5/c1-10-8-9-13(19(22)23)16(21)18(10)11(2)15(20)17-12-6-4-5-7-14(12)24-3/h4-9,11H,1-3H3,(H,17,20). The van der Waals surface area contributed by atoms with Crippen LogP contribution >= 0.6 is 0 Å². The summed E-state index contributed by atoms with van der Waals surface area (Å²) in [4.78, 5) is 34.9. The lowest BCUT2D eigenvalue weighted by molar-refractivity contribution is -0.386. The fourth-order valence-electron chi connectivity index (χ4n) is 2.36. The average Bonchev–Trinajstić information content (AvgIpc) is 2.54. The Bertz CT molecular complexity index is 844. The zero-order valence-corrected chi connectivity index (χ0v) is 13.5. The molecule has 2 aromatic rings. The number of benzene rings is 1. The zero-order valence-electron chi connectivity index (χ0n) is 13.5. The minimum absolute atomic E-state index is 0.452. The molecule has 8 heteroatoms. The van der Waals surface area contributed by atoms with Gasteiger partial charge >= 0.3 is 11.2 Å². The van der Waals surface area contributed by atoms with Crippen molar-refractivity contribution in [1.29, 1.82) is 0 Å². The van der Waals surface area contributed by atoms with E-state index in [2.05, 4.69) is 5.32 Å². The van der Waals surface area contributed by atoms with Crippen molar-refractivity contribution in [3.8, 4) is 5.75 Å². The van der Waals surface area contributed by atoms with E-state index in [0.717, 1.165) is 10.6 Å². The third kappa shape index (κ3) is 3.27. The van der Waals surface area contributed by atoms with Gasteiger partial charge in [0.15, 0.2) is 0 Å². The first kappa shape index (κ1) is 17.2. The van der Waals surface area contributed by atoms with E-state index in [4.69, 9.17) is 4.74 Å². The molecule has 1 N–H and O–H groups in total. The Labute approximate surface area is 137 Å². The number of ether oxygens (including phenoxy) is 1. The number of nitrogens with zero attached hydrogens (tertiary/aromatic N) is 2. The van der Waals surface area contributed by atoms with Gasteiger partial charge < -0.3 is 10.1 Å². The van der Waals surface area contributed by atoms with E-state index in [0.29, 0.717) is 17.1 Å². The fraction of sp³-hybridized carbons (Fsp3) is 0.250. The molecule has 1 unspecified atom stereocenters. The number of nitrogens with one attached hydrogen (secondary N) is 1. The van der Waals surface area contributed by atoms with Crippen LogP contribution in [-0.2, 0) is 4.79 Å². The third-order valence-corrected chi connectivity index (χ3v) is 3.63. The number of amides is 1. The molecule has 0 fully saturated rings. The lowest BCUT2D eigenvalue weighted by Gasteiger charge is -2.18. The number of anilines is 1. The number of hydrogen-bond donors (Lipinski definition) is 1. The Morgan fingerprint density at radius 1 is 1.29 bits per heavy atom. The number of carbonyl (C=O) groups is 1. The fourth-order valence-corrected chi connectivity index (χ4v) is 2.36. The molecule has 0 saturated carbocycles. The number of rotatable bonds is 5. The summed E-state index contributed by atoms with van der Waals surface area (Å²) in [6.07, 6.45) is 0. The van der Waals surface area contributed by atoms with Gasteiger partial charge in [0.1, 0.15) is 11.8 Å². The molecule has 1 atom stereocenters. The SMILES string of the molecule is COc1ccccc1NC(=O)C(C)n1c(C)ccc([N+](=O)[O-])c1=O.